The third-order valence-corrected chi connectivity index (χ3v) is 3.48. The highest BCUT2D eigenvalue weighted by Gasteiger charge is 2.15. The molecule has 0 aromatic heterocycles. The van der Waals surface area contributed by atoms with Crippen LogP contribution in [0.25, 0.3) is 0 Å². The van der Waals surface area contributed by atoms with E-state index in [1.807, 2.05) is 18.2 Å². The number of unbranched alkanes of at least 4 members (excludes halogenated alkanes) is 1. The van der Waals surface area contributed by atoms with Crippen molar-refractivity contribution in [1.82, 2.24) is 0 Å². The molecule has 4 nitrogen and oxygen atoms in total. The highest BCUT2D eigenvalue weighted by atomic mass is 32.2. The van der Waals surface area contributed by atoms with Crippen LogP contribution >= 0.6 is 11.8 Å². The molecule has 1 aromatic rings. The van der Waals surface area contributed by atoms with Crippen molar-refractivity contribution in [2.24, 2.45) is 0 Å². The number of nitrogens with one attached hydrogen (secondary N) is 2. The minimum atomic E-state index is 0.0455. The SMILES string of the molecule is N#CCCCNc1ccc2c(c1)NC(=O)CS2. The van der Waals surface area contributed by atoms with E-state index in [1.165, 1.54) is 0 Å². The quantitative estimate of drug-likeness (QED) is 0.802. The maximum absolute atomic E-state index is 11.2. The van der Waals surface area contributed by atoms with E-state index >= 15 is 0 Å². The van der Waals surface area contributed by atoms with Gasteiger partial charge >= 0.3 is 0 Å². The molecule has 1 aliphatic rings. The van der Waals surface area contributed by atoms with Gasteiger partial charge in [-0.15, -0.1) is 11.8 Å². The number of thioether (sulfide) groups is 1. The minimum Gasteiger partial charge on any atom is -0.385 e. The fraction of sp³-hybridized carbons (Fsp3) is 0.333. The Hall–Kier alpha value is -1.67. The molecule has 1 amide bonds. The second kappa shape index (κ2) is 5.60. The van der Waals surface area contributed by atoms with Gasteiger partial charge in [0.1, 0.15) is 0 Å². The van der Waals surface area contributed by atoms with E-state index in [1.54, 1.807) is 11.8 Å². The maximum Gasteiger partial charge on any atom is 0.234 e. The van der Waals surface area contributed by atoms with E-state index in [2.05, 4.69) is 16.7 Å². The van der Waals surface area contributed by atoms with Crippen LogP contribution in [0, 0.1) is 11.3 Å². The molecule has 0 unspecified atom stereocenters. The van der Waals surface area contributed by atoms with Gasteiger partial charge in [-0.1, -0.05) is 0 Å². The van der Waals surface area contributed by atoms with E-state index in [-0.39, 0.29) is 5.91 Å². The van der Waals surface area contributed by atoms with Crippen molar-refractivity contribution in [3.63, 3.8) is 0 Å². The number of carbonyl (C=O) groups excluding carboxylic acids is 1. The largest absolute Gasteiger partial charge is 0.385 e. The molecule has 2 rings (SSSR count). The van der Waals surface area contributed by atoms with Gasteiger partial charge in [0.15, 0.2) is 0 Å². The van der Waals surface area contributed by atoms with Gasteiger partial charge in [0.25, 0.3) is 0 Å². The van der Waals surface area contributed by atoms with E-state index in [0.717, 1.165) is 29.2 Å². The predicted octanol–water partition coefficient (Wildman–Crippen LogP) is 2.45. The van der Waals surface area contributed by atoms with Crippen LogP contribution in [0.2, 0.25) is 0 Å². The summed E-state index contributed by atoms with van der Waals surface area (Å²) in [6, 6.07) is 8.05. The number of carbonyl (C=O) groups is 1. The summed E-state index contributed by atoms with van der Waals surface area (Å²) in [6.07, 6.45) is 1.39. The van der Waals surface area contributed by atoms with Crippen LogP contribution in [0.3, 0.4) is 0 Å². The molecule has 1 aromatic carbocycles. The van der Waals surface area contributed by atoms with Crippen LogP contribution in [-0.4, -0.2) is 18.2 Å². The van der Waals surface area contributed by atoms with Gasteiger partial charge in [-0.25, -0.2) is 0 Å². The normalized spacial score (nSPS) is 13.5. The van der Waals surface area contributed by atoms with E-state index in [9.17, 15) is 4.79 Å². The second-order valence-corrected chi connectivity index (χ2v) is 4.75. The van der Waals surface area contributed by atoms with Crippen LogP contribution in [-0.2, 0) is 4.79 Å². The van der Waals surface area contributed by atoms with Crippen molar-refractivity contribution < 1.29 is 4.79 Å². The van der Waals surface area contributed by atoms with Crippen molar-refractivity contribution in [2.75, 3.05) is 22.9 Å². The van der Waals surface area contributed by atoms with Crippen molar-refractivity contribution in [1.29, 1.82) is 5.26 Å². The maximum atomic E-state index is 11.2. The number of nitrogens with zero attached hydrogens (tertiary/aromatic N) is 1. The molecule has 1 aliphatic heterocycles. The summed E-state index contributed by atoms with van der Waals surface area (Å²) in [5.74, 6) is 0.534. The number of hydrogen-bond donors (Lipinski definition) is 2. The van der Waals surface area contributed by atoms with Crippen molar-refractivity contribution in [3.8, 4) is 6.07 Å². The first kappa shape index (κ1) is 11.8. The van der Waals surface area contributed by atoms with Gasteiger partial charge in [0.2, 0.25) is 5.91 Å². The smallest absolute Gasteiger partial charge is 0.234 e. The first-order chi connectivity index (χ1) is 8.29. The Morgan fingerprint density at radius 2 is 2.41 bits per heavy atom. The van der Waals surface area contributed by atoms with E-state index < -0.39 is 0 Å². The number of fused-ring (bicyclic) bond motifs is 1. The molecular weight excluding hydrogens is 234 g/mol. The Kier molecular flexibility index (Phi) is 3.89. The lowest BCUT2D eigenvalue weighted by atomic mass is 10.2. The average Bonchev–Trinajstić information content (AvgIpc) is 2.34. The third kappa shape index (κ3) is 3.14. The summed E-state index contributed by atoms with van der Waals surface area (Å²) in [5.41, 5.74) is 1.85. The molecule has 0 spiro atoms. The molecule has 5 heteroatoms. The zero-order valence-corrected chi connectivity index (χ0v) is 10.1. The number of rotatable bonds is 4. The molecule has 1 heterocycles. The summed E-state index contributed by atoms with van der Waals surface area (Å²) in [5, 5.41) is 14.5. The lowest BCUT2D eigenvalue weighted by Crippen LogP contribution is -2.18. The van der Waals surface area contributed by atoms with Crippen molar-refractivity contribution in [2.45, 2.75) is 17.7 Å². The molecule has 0 aliphatic carbocycles. The molecule has 88 valence electrons. The van der Waals surface area contributed by atoms with Gasteiger partial charge in [-0.05, 0) is 24.6 Å². The zero-order valence-electron chi connectivity index (χ0n) is 9.32. The number of nitriles is 1. The lowest BCUT2D eigenvalue weighted by Gasteiger charge is -2.17. The van der Waals surface area contributed by atoms with E-state index in [4.69, 9.17) is 5.26 Å². The summed E-state index contributed by atoms with van der Waals surface area (Å²) in [4.78, 5) is 12.4. The van der Waals surface area contributed by atoms with Crippen LogP contribution in [0.4, 0.5) is 11.4 Å². The summed E-state index contributed by atoms with van der Waals surface area (Å²) in [6.45, 7) is 0.771. The van der Waals surface area contributed by atoms with Gasteiger partial charge in [0, 0.05) is 23.5 Å². The average molecular weight is 247 g/mol. The Balaban J connectivity index is 1.98. The van der Waals surface area contributed by atoms with Crippen LogP contribution in [0.5, 0.6) is 0 Å². The highest BCUT2D eigenvalue weighted by Crippen LogP contribution is 2.33. The standard InChI is InChI=1S/C12H13N3OS/c13-5-1-2-6-14-9-3-4-11-10(7-9)15-12(16)8-17-11/h3-4,7,14H,1-2,6,8H2,(H,15,16). The number of anilines is 2. The minimum absolute atomic E-state index is 0.0455. The second-order valence-electron chi connectivity index (χ2n) is 3.74. The molecule has 0 atom stereocenters. The predicted molar refractivity (Wildman–Crippen MR) is 69.1 cm³/mol. The van der Waals surface area contributed by atoms with Gasteiger partial charge in [0.05, 0.1) is 17.5 Å². The molecule has 17 heavy (non-hydrogen) atoms. The van der Waals surface area contributed by atoms with Gasteiger partial charge in [-0.3, -0.25) is 4.79 Å². The molecule has 0 saturated heterocycles. The van der Waals surface area contributed by atoms with Crippen molar-refractivity contribution >= 4 is 29.0 Å². The Morgan fingerprint density at radius 1 is 1.53 bits per heavy atom. The van der Waals surface area contributed by atoms with Gasteiger partial charge < -0.3 is 10.6 Å². The number of amides is 1. The first-order valence-electron chi connectivity index (χ1n) is 5.47. The molecular formula is C12H13N3OS. The van der Waals surface area contributed by atoms with Crippen LogP contribution in [0.15, 0.2) is 23.1 Å². The number of benzene rings is 1. The molecule has 2 N–H and O–H groups in total. The first-order valence-corrected chi connectivity index (χ1v) is 6.45. The summed E-state index contributed by atoms with van der Waals surface area (Å²) < 4.78 is 0. The van der Waals surface area contributed by atoms with E-state index in [0.29, 0.717) is 12.2 Å². The molecule has 0 saturated carbocycles. The van der Waals surface area contributed by atoms with Crippen molar-refractivity contribution in [3.05, 3.63) is 18.2 Å². The lowest BCUT2D eigenvalue weighted by molar-refractivity contribution is -0.113. The fourth-order valence-electron chi connectivity index (χ4n) is 1.59. The Labute approximate surface area is 104 Å². The van der Waals surface area contributed by atoms with Crippen LogP contribution < -0.4 is 10.6 Å². The molecule has 0 fully saturated rings. The van der Waals surface area contributed by atoms with Gasteiger partial charge in [-0.2, -0.15) is 5.26 Å². The molecule has 0 bridgehead atoms. The monoisotopic (exact) mass is 247 g/mol. The highest BCUT2D eigenvalue weighted by molar-refractivity contribution is 8.00. The summed E-state index contributed by atoms with van der Waals surface area (Å²) in [7, 11) is 0. The Morgan fingerprint density at radius 3 is 3.24 bits per heavy atom. The van der Waals surface area contributed by atoms with Crippen LogP contribution in [0.1, 0.15) is 12.8 Å². The fourth-order valence-corrected chi connectivity index (χ4v) is 2.38. The topological polar surface area (TPSA) is 64.9 Å². The summed E-state index contributed by atoms with van der Waals surface area (Å²) >= 11 is 1.55. The zero-order chi connectivity index (χ0) is 12.1. The number of hydrogen-bond acceptors (Lipinski definition) is 4. The Bertz CT molecular complexity index is 467. The molecule has 0 radical (unpaired) electrons. The third-order valence-electron chi connectivity index (χ3n) is 2.41.